The van der Waals surface area contributed by atoms with E-state index in [1.54, 1.807) is 0 Å². The Bertz CT molecular complexity index is 448. The van der Waals surface area contributed by atoms with Crippen molar-refractivity contribution in [2.45, 2.75) is 25.4 Å². The molecule has 1 aliphatic rings. The number of ketones is 1. The van der Waals surface area contributed by atoms with Crippen LogP contribution < -0.4 is 5.32 Å². The van der Waals surface area contributed by atoms with Crippen molar-refractivity contribution < 1.29 is 9.90 Å². The van der Waals surface area contributed by atoms with Gasteiger partial charge in [-0.1, -0.05) is 29.8 Å². The highest BCUT2D eigenvalue weighted by Crippen LogP contribution is 2.20. The van der Waals surface area contributed by atoms with E-state index in [1.807, 2.05) is 31.2 Å². The van der Waals surface area contributed by atoms with Crippen molar-refractivity contribution in [2.75, 3.05) is 33.2 Å². The number of nitrogens with one attached hydrogen (secondary N) is 1. The Balaban J connectivity index is 1.78. The molecular weight excluding hydrogens is 252 g/mol. The van der Waals surface area contributed by atoms with Crippen LogP contribution in [0.5, 0.6) is 0 Å². The number of Topliss-reactive ketones (excluding diaryl/α,β-unsaturated/α-hetero) is 1. The van der Waals surface area contributed by atoms with E-state index in [0.717, 1.165) is 37.1 Å². The highest BCUT2D eigenvalue weighted by atomic mass is 16.3. The van der Waals surface area contributed by atoms with E-state index < -0.39 is 5.60 Å². The van der Waals surface area contributed by atoms with Gasteiger partial charge in [0, 0.05) is 25.2 Å². The first-order chi connectivity index (χ1) is 9.48. The van der Waals surface area contributed by atoms with Gasteiger partial charge in [0.05, 0.1) is 12.1 Å². The maximum Gasteiger partial charge on any atom is 0.176 e. The zero-order valence-electron chi connectivity index (χ0n) is 12.4. The lowest BCUT2D eigenvalue weighted by atomic mass is 9.91. The van der Waals surface area contributed by atoms with Gasteiger partial charge in [-0.15, -0.1) is 0 Å². The number of aliphatic hydroxyl groups is 1. The second-order valence-corrected chi connectivity index (χ2v) is 5.92. The van der Waals surface area contributed by atoms with Crippen LogP contribution in [0.25, 0.3) is 0 Å². The van der Waals surface area contributed by atoms with Crippen LogP contribution in [-0.2, 0) is 0 Å². The molecule has 0 atom stereocenters. The van der Waals surface area contributed by atoms with Gasteiger partial charge in [-0.25, -0.2) is 0 Å². The average Bonchev–Trinajstić information content (AvgIpc) is 2.43. The monoisotopic (exact) mass is 276 g/mol. The minimum Gasteiger partial charge on any atom is -0.388 e. The van der Waals surface area contributed by atoms with E-state index in [9.17, 15) is 9.90 Å². The first-order valence-corrected chi connectivity index (χ1v) is 7.20. The quantitative estimate of drug-likeness (QED) is 0.794. The van der Waals surface area contributed by atoms with Crippen molar-refractivity contribution in [3.63, 3.8) is 0 Å². The van der Waals surface area contributed by atoms with Crippen LogP contribution in [-0.4, -0.2) is 54.6 Å². The number of rotatable bonds is 5. The lowest BCUT2D eigenvalue weighted by Crippen LogP contribution is -2.49. The SMILES string of the molecule is Cc1ccc(C(=O)CNCC2(O)CCN(C)CC2)cc1. The minimum atomic E-state index is -0.667. The molecule has 0 unspecified atom stereocenters. The van der Waals surface area contributed by atoms with Crippen LogP contribution in [0.2, 0.25) is 0 Å². The van der Waals surface area contributed by atoms with Gasteiger partial charge in [-0.05, 0) is 26.8 Å². The molecule has 4 nitrogen and oxygen atoms in total. The fourth-order valence-electron chi connectivity index (χ4n) is 2.46. The van der Waals surface area contributed by atoms with Gasteiger partial charge < -0.3 is 15.3 Å². The van der Waals surface area contributed by atoms with Gasteiger partial charge in [-0.3, -0.25) is 4.79 Å². The number of hydrogen-bond acceptors (Lipinski definition) is 4. The van der Waals surface area contributed by atoms with E-state index in [4.69, 9.17) is 0 Å². The molecule has 1 saturated heterocycles. The molecular formula is C16H24N2O2. The summed E-state index contributed by atoms with van der Waals surface area (Å²) in [5.41, 5.74) is 1.20. The fourth-order valence-corrected chi connectivity index (χ4v) is 2.46. The topological polar surface area (TPSA) is 52.6 Å². The number of aryl methyl sites for hydroxylation is 1. The number of benzene rings is 1. The highest BCUT2D eigenvalue weighted by Gasteiger charge is 2.30. The molecule has 2 rings (SSSR count). The zero-order chi connectivity index (χ0) is 14.6. The Morgan fingerprint density at radius 2 is 1.90 bits per heavy atom. The number of nitrogens with zero attached hydrogens (tertiary/aromatic N) is 1. The molecule has 110 valence electrons. The Kier molecular flexibility index (Phi) is 4.91. The lowest BCUT2D eigenvalue weighted by molar-refractivity contribution is -0.0138. The van der Waals surface area contributed by atoms with E-state index in [-0.39, 0.29) is 12.3 Å². The summed E-state index contributed by atoms with van der Waals surface area (Å²) < 4.78 is 0. The normalized spacial score (nSPS) is 18.9. The molecule has 1 aliphatic heterocycles. The van der Waals surface area contributed by atoms with Crippen molar-refractivity contribution in [3.05, 3.63) is 35.4 Å². The molecule has 0 bridgehead atoms. The van der Waals surface area contributed by atoms with Gasteiger partial charge in [0.1, 0.15) is 0 Å². The smallest absolute Gasteiger partial charge is 0.176 e. The zero-order valence-corrected chi connectivity index (χ0v) is 12.4. The Morgan fingerprint density at radius 3 is 2.50 bits per heavy atom. The first-order valence-electron chi connectivity index (χ1n) is 7.20. The molecule has 0 radical (unpaired) electrons. The molecule has 0 aromatic heterocycles. The summed E-state index contributed by atoms with van der Waals surface area (Å²) in [5.74, 6) is 0.0709. The van der Waals surface area contributed by atoms with Gasteiger partial charge >= 0.3 is 0 Å². The second-order valence-electron chi connectivity index (χ2n) is 5.92. The average molecular weight is 276 g/mol. The predicted octanol–water partition coefficient (Wildman–Crippen LogP) is 1.22. The number of hydrogen-bond donors (Lipinski definition) is 2. The van der Waals surface area contributed by atoms with E-state index in [0.29, 0.717) is 6.54 Å². The van der Waals surface area contributed by atoms with Crippen LogP contribution in [0, 0.1) is 6.92 Å². The molecule has 0 spiro atoms. The highest BCUT2D eigenvalue weighted by molar-refractivity contribution is 5.97. The number of likely N-dealkylation sites (tertiary alicyclic amines) is 1. The molecule has 0 aliphatic carbocycles. The Labute approximate surface area is 120 Å². The van der Waals surface area contributed by atoms with Crippen molar-refractivity contribution in [3.8, 4) is 0 Å². The van der Waals surface area contributed by atoms with Crippen molar-refractivity contribution >= 4 is 5.78 Å². The summed E-state index contributed by atoms with van der Waals surface area (Å²) >= 11 is 0. The first kappa shape index (κ1) is 15.2. The molecule has 0 amide bonds. The molecule has 20 heavy (non-hydrogen) atoms. The number of carbonyl (C=O) groups excluding carboxylic acids is 1. The summed E-state index contributed by atoms with van der Waals surface area (Å²) in [6, 6.07) is 7.59. The summed E-state index contributed by atoms with van der Waals surface area (Å²) in [4.78, 5) is 14.2. The third kappa shape index (κ3) is 4.13. The third-order valence-electron chi connectivity index (χ3n) is 4.03. The fraction of sp³-hybridized carbons (Fsp3) is 0.562. The van der Waals surface area contributed by atoms with Crippen LogP contribution in [0.3, 0.4) is 0 Å². The van der Waals surface area contributed by atoms with Gasteiger partial charge in [0.2, 0.25) is 0 Å². The molecule has 0 saturated carbocycles. The van der Waals surface area contributed by atoms with E-state index >= 15 is 0 Å². The Hall–Kier alpha value is -1.23. The second kappa shape index (κ2) is 6.48. The van der Waals surface area contributed by atoms with Crippen LogP contribution in [0.1, 0.15) is 28.8 Å². The summed E-state index contributed by atoms with van der Waals surface area (Å²) in [5, 5.41) is 13.5. The molecule has 1 aromatic carbocycles. The molecule has 1 aromatic rings. The number of piperidine rings is 1. The maximum absolute atomic E-state index is 12.0. The lowest BCUT2D eigenvalue weighted by Gasteiger charge is -2.36. The molecule has 1 fully saturated rings. The standard InChI is InChI=1S/C16H24N2O2/c1-13-3-5-14(6-4-13)15(19)11-17-12-16(20)7-9-18(2)10-8-16/h3-6,17,20H,7-12H2,1-2H3. The third-order valence-corrected chi connectivity index (χ3v) is 4.03. The minimum absolute atomic E-state index is 0.0709. The summed E-state index contributed by atoms with van der Waals surface area (Å²) in [7, 11) is 2.06. The van der Waals surface area contributed by atoms with Crippen molar-refractivity contribution in [1.82, 2.24) is 10.2 Å². The Morgan fingerprint density at radius 1 is 1.30 bits per heavy atom. The van der Waals surface area contributed by atoms with Crippen LogP contribution >= 0.6 is 0 Å². The molecule has 4 heteroatoms. The maximum atomic E-state index is 12.0. The van der Waals surface area contributed by atoms with Gasteiger partial charge in [-0.2, -0.15) is 0 Å². The summed E-state index contributed by atoms with van der Waals surface area (Å²) in [6.45, 7) is 4.58. The van der Waals surface area contributed by atoms with Crippen LogP contribution in [0.15, 0.2) is 24.3 Å². The van der Waals surface area contributed by atoms with Crippen molar-refractivity contribution in [1.29, 1.82) is 0 Å². The van der Waals surface area contributed by atoms with E-state index in [1.165, 1.54) is 0 Å². The van der Waals surface area contributed by atoms with Crippen LogP contribution in [0.4, 0.5) is 0 Å². The van der Waals surface area contributed by atoms with Gasteiger partial charge in [0.25, 0.3) is 0 Å². The van der Waals surface area contributed by atoms with E-state index in [2.05, 4.69) is 17.3 Å². The number of carbonyl (C=O) groups is 1. The van der Waals surface area contributed by atoms with Crippen molar-refractivity contribution in [2.24, 2.45) is 0 Å². The molecule has 2 N–H and O–H groups in total. The predicted molar refractivity (Wildman–Crippen MR) is 80.1 cm³/mol. The van der Waals surface area contributed by atoms with Gasteiger partial charge in [0.15, 0.2) is 5.78 Å². The summed E-state index contributed by atoms with van der Waals surface area (Å²) in [6.07, 6.45) is 1.52. The molecule has 1 heterocycles. The largest absolute Gasteiger partial charge is 0.388 e.